The molecule has 0 aliphatic carbocycles. The molecule has 0 saturated heterocycles. The van der Waals surface area contributed by atoms with Crippen LogP contribution in [0.5, 0.6) is 0 Å². The Balaban J connectivity index is 2.65. The summed E-state index contributed by atoms with van der Waals surface area (Å²) in [5.74, 6) is -3.72. The number of rotatable bonds is 4. The number of thioether (sulfide) groups is 1. The Morgan fingerprint density at radius 1 is 1.29 bits per heavy atom. The zero-order valence-electron chi connectivity index (χ0n) is 8.59. The normalized spacial score (nSPS) is 13.4. The van der Waals surface area contributed by atoms with Crippen molar-refractivity contribution in [2.45, 2.75) is 11.1 Å². The van der Waals surface area contributed by atoms with Crippen LogP contribution in [0, 0.1) is 17.1 Å². The maximum Gasteiger partial charge on any atom is 0.399 e. The van der Waals surface area contributed by atoms with Gasteiger partial charge in [0.15, 0.2) is 0 Å². The molecule has 0 saturated carbocycles. The van der Waals surface area contributed by atoms with Crippen LogP contribution in [-0.4, -0.2) is 17.8 Å². The number of nitrogens with one attached hydrogen (secondary N) is 1. The summed E-state index contributed by atoms with van der Waals surface area (Å²) < 4.78 is 49.9. The molecule has 0 aromatic heterocycles. The Hall–Kier alpha value is -1.24. The lowest BCUT2D eigenvalue weighted by atomic mass is 10.1. The standard InChI is InChI=1S/C10H10F4N2S/c11-6-1-3-7(4-2-6)17-5-8(9(15)16)10(12,13)14/h1-4,8H,5H2,(H3,15,16). The summed E-state index contributed by atoms with van der Waals surface area (Å²) >= 11 is 0.885. The van der Waals surface area contributed by atoms with Crippen LogP contribution in [0.4, 0.5) is 17.6 Å². The lowest BCUT2D eigenvalue weighted by Crippen LogP contribution is -2.36. The van der Waals surface area contributed by atoms with Crippen molar-refractivity contribution in [3.8, 4) is 0 Å². The average molecular weight is 266 g/mol. The summed E-state index contributed by atoms with van der Waals surface area (Å²) in [6.07, 6.45) is -4.53. The fraction of sp³-hybridized carbons (Fsp3) is 0.300. The summed E-state index contributed by atoms with van der Waals surface area (Å²) in [4.78, 5) is 0.502. The van der Waals surface area contributed by atoms with Crippen molar-refractivity contribution in [3.05, 3.63) is 30.1 Å². The fourth-order valence-electron chi connectivity index (χ4n) is 1.07. The molecule has 1 aromatic carbocycles. The van der Waals surface area contributed by atoms with Gasteiger partial charge in [0.25, 0.3) is 0 Å². The van der Waals surface area contributed by atoms with E-state index in [1.165, 1.54) is 24.3 Å². The number of hydrogen-bond donors (Lipinski definition) is 2. The second-order valence-electron chi connectivity index (χ2n) is 3.31. The molecule has 1 atom stereocenters. The molecular weight excluding hydrogens is 256 g/mol. The Bertz CT molecular complexity index is 388. The van der Waals surface area contributed by atoms with Crippen LogP contribution in [0.15, 0.2) is 29.2 Å². The van der Waals surface area contributed by atoms with E-state index in [9.17, 15) is 17.6 Å². The van der Waals surface area contributed by atoms with E-state index in [1.54, 1.807) is 0 Å². The van der Waals surface area contributed by atoms with E-state index >= 15 is 0 Å². The first-order chi connectivity index (χ1) is 7.80. The Labute approximate surface area is 99.7 Å². The molecule has 0 fully saturated rings. The van der Waals surface area contributed by atoms with Crippen LogP contribution in [-0.2, 0) is 0 Å². The van der Waals surface area contributed by atoms with Crippen molar-refractivity contribution >= 4 is 17.6 Å². The van der Waals surface area contributed by atoms with Crippen LogP contribution >= 0.6 is 11.8 Å². The van der Waals surface area contributed by atoms with Crippen LogP contribution in [0.3, 0.4) is 0 Å². The largest absolute Gasteiger partial charge is 0.399 e. The minimum Gasteiger partial charge on any atom is -0.387 e. The van der Waals surface area contributed by atoms with Gasteiger partial charge in [-0.15, -0.1) is 11.8 Å². The summed E-state index contributed by atoms with van der Waals surface area (Å²) in [6, 6.07) is 5.10. The SMILES string of the molecule is N=C(N)C(CSc1ccc(F)cc1)C(F)(F)F. The first-order valence-electron chi connectivity index (χ1n) is 4.59. The van der Waals surface area contributed by atoms with E-state index in [2.05, 4.69) is 0 Å². The molecule has 0 bridgehead atoms. The van der Waals surface area contributed by atoms with Crippen LogP contribution < -0.4 is 5.73 Å². The molecule has 0 aliphatic heterocycles. The molecule has 2 nitrogen and oxygen atoms in total. The van der Waals surface area contributed by atoms with E-state index in [0.717, 1.165) is 11.8 Å². The number of benzene rings is 1. The van der Waals surface area contributed by atoms with E-state index in [1.807, 2.05) is 0 Å². The maximum absolute atomic E-state index is 12.6. The highest BCUT2D eigenvalue weighted by Gasteiger charge is 2.41. The average Bonchev–Trinajstić information content (AvgIpc) is 2.18. The van der Waals surface area contributed by atoms with Gasteiger partial charge in [-0.3, -0.25) is 5.41 Å². The highest BCUT2D eigenvalue weighted by Crippen LogP contribution is 2.31. The Morgan fingerprint density at radius 3 is 2.24 bits per heavy atom. The van der Waals surface area contributed by atoms with Crippen molar-refractivity contribution in [1.82, 2.24) is 0 Å². The summed E-state index contributed by atoms with van der Waals surface area (Å²) in [6.45, 7) is 0. The summed E-state index contributed by atoms with van der Waals surface area (Å²) in [7, 11) is 0. The summed E-state index contributed by atoms with van der Waals surface area (Å²) in [5.41, 5.74) is 4.90. The lowest BCUT2D eigenvalue weighted by Gasteiger charge is -2.18. The molecule has 1 unspecified atom stereocenters. The molecule has 0 heterocycles. The van der Waals surface area contributed by atoms with Crippen LogP contribution in [0.2, 0.25) is 0 Å². The van der Waals surface area contributed by atoms with E-state index in [-0.39, 0.29) is 5.75 Å². The molecule has 0 radical (unpaired) electrons. The number of halogens is 4. The molecule has 0 aliphatic rings. The van der Waals surface area contributed by atoms with Crippen LogP contribution in [0.25, 0.3) is 0 Å². The van der Waals surface area contributed by atoms with Gasteiger partial charge in [0.1, 0.15) is 17.6 Å². The second kappa shape index (κ2) is 5.39. The van der Waals surface area contributed by atoms with Crippen molar-refractivity contribution in [1.29, 1.82) is 5.41 Å². The third kappa shape index (κ3) is 4.26. The van der Waals surface area contributed by atoms with Gasteiger partial charge in [-0.2, -0.15) is 13.2 Å². The van der Waals surface area contributed by atoms with Gasteiger partial charge in [0.2, 0.25) is 0 Å². The quantitative estimate of drug-likeness (QED) is 0.381. The first kappa shape index (κ1) is 13.8. The molecule has 7 heteroatoms. The van der Waals surface area contributed by atoms with Gasteiger partial charge in [0.05, 0.1) is 0 Å². The fourth-order valence-corrected chi connectivity index (χ4v) is 2.13. The second-order valence-corrected chi connectivity index (χ2v) is 4.41. The Kier molecular flexibility index (Phi) is 4.39. The van der Waals surface area contributed by atoms with E-state index in [0.29, 0.717) is 4.90 Å². The lowest BCUT2D eigenvalue weighted by molar-refractivity contribution is -0.149. The molecule has 3 N–H and O–H groups in total. The highest BCUT2D eigenvalue weighted by atomic mass is 32.2. The molecule has 94 valence electrons. The van der Waals surface area contributed by atoms with Crippen LogP contribution in [0.1, 0.15) is 0 Å². The molecule has 17 heavy (non-hydrogen) atoms. The topological polar surface area (TPSA) is 49.9 Å². The highest BCUT2D eigenvalue weighted by molar-refractivity contribution is 7.99. The monoisotopic (exact) mass is 266 g/mol. The number of hydrogen-bond acceptors (Lipinski definition) is 2. The van der Waals surface area contributed by atoms with E-state index in [4.69, 9.17) is 11.1 Å². The smallest absolute Gasteiger partial charge is 0.387 e. The molecule has 1 aromatic rings. The molecule has 0 amide bonds. The van der Waals surface area contributed by atoms with Crippen molar-refractivity contribution < 1.29 is 17.6 Å². The first-order valence-corrected chi connectivity index (χ1v) is 5.58. The third-order valence-corrected chi connectivity index (χ3v) is 3.11. The number of alkyl halides is 3. The maximum atomic E-state index is 12.6. The Morgan fingerprint density at radius 2 is 1.82 bits per heavy atom. The van der Waals surface area contributed by atoms with Gasteiger partial charge in [0, 0.05) is 10.6 Å². The van der Waals surface area contributed by atoms with Gasteiger partial charge in [-0.05, 0) is 24.3 Å². The zero-order valence-corrected chi connectivity index (χ0v) is 9.41. The van der Waals surface area contributed by atoms with Gasteiger partial charge >= 0.3 is 6.18 Å². The van der Waals surface area contributed by atoms with Crippen molar-refractivity contribution in [2.24, 2.45) is 11.7 Å². The van der Waals surface area contributed by atoms with Gasteiger partial charge in [-0.1, -0.05) is 0 Å². The van der Waals surface area contributed by atoms with Gasteiger partial charge < -0.3 is 5.73 Å². The predicted molar refractivity (Wildman–Crippen MR) is 58.6 cm³/mol. The molecule has 0 spiro atoms. The molecule has 1 rings (SSSR count). The summed E-state index contributed by atoms with van der Waals surface area (Å²) in [5, 5.41) is 6.89. The van der Waals surface area contributed by atoms with Crippen molar-refractivity contribution in [3.63, 3.8) is 0 Å². The number of nitrogens with two attached hydrogens (primary N) is 1. The van der Waals surface area contributed by atoms with E-state index < -0.39 is 23.7 Å². The predicted octanol–water partition coefficient (Wildman–Crippen LogP) is 3.03. The minimum absolute atomic E-state index is 0.384. The zero-order chi connectivity index (χ0) is 13.1. The van der Waals surface area contributed by atoms with Gasteiger partial charge in [-0.25, -0.2) is 4.39 Å². The third-order valence-electron chi connectivity index (χ3n) is 2.00. The van der Waals surface area contributed by atoms with Crippen molar-refractivity contribution in [2.75, 3.05) is 5.75 Å². The minimum atomic E-state index is -4.53. The molecular formula is C10H10F4N2S. The number of amidine groups is 1.